The van der Waals surface area contributed by atoms with E-state index < -0.39 is 11.9 Å². The number of benzene rings is 1. The summed E-state index contributed by atoms with van der Waals surface area (Å²) >= 11 is 15.7. The Balaban J connectivity index is 2.06. The molecule has 0 amide bonds. The Morgan fingerprint density at radius 2 is 1.84 bits per heavy atom. The van der Waals surface area contributed by atoms with Crippen molar-refractivity contribution in [1.29, 1.82) is 0 Å². The first-order valence-corrected chi connectivity index (χ1v) is 8.40. The summed E-state index contributed by atoms with van der Waals surface area (Å²) in [7, 11) is 0. The summed E-state index contributed by atoms with van der Waals surface area (Å²) in [5.74, 6) is -0.0848. The number of aromatic nitrogens is 2. The average Bonchev–Trinajstić information content (AvgIpc) is 2.54. The molecule has 130 valence electrons. The number of rotatable bonds is 2. The van der Waals surface area contributed by atoms with E-state index >= 15 is 0 Å². The summed E-state index contributed by atoms with van der Waals surface area (Å²) in [4.78, 5) is 7.60. The molecule has 2 heterocycles. The van der Waals surface area contributed by atoms with Crippen LogP contribution in [-0.4, -0.2) is 15.1 Å². The van der Waals surface area contributed by atoms with Crippen LogP contribution in [0.25, 0.3) is 10.9 Å². The number of aromatic hydroxyl groups is 1. The summed E-state index contributed by atoms with van der Waals surface area (Å²) in [5, 5.41) is 10.8. The number of fused-ring (bicyclic) bond motifs is 1. The minimum Gasteiger partial charge on any atom is -0.506 e. The molecule has 0 aliphatic rings. The summed E-state index contributed by atoms with van der Waals surface area (Å²) in [6, 6.07) is 5.43. The molecule has 25 heavy (non-hydrogen) atoms. The Hall–Kier alpha value is -1.57. The Labute approximate surface area is 158 Å². The average molecular weight is 452 g/mol. The quantitative estimate of drug-likeness (QED) is 0.485. The predicted molar refractivity (Wildman–Crippen MR) is 93.2 cm³/mol. The molecule has 0 aliphatic heterocycles. The van der Waals surface area contributed by atoms with Crippen molar-refractivity contribution in [3.05, 3.63) is 61.9 Å². The number of nitrogens with zero attached hydrogens (tertiary/aromatic N) is 2. The maximum absolute atomic E-state index is 12.6. The molecule has 3 aromatic rings. The molecule has 0 aliphatic carbocycles. The van der Waals surface area contributed by atoms with E-state index in [1.807, 2.05) is 0 Å². The van der Waals surface area contributed by atoms with Crippen LogP contribution in [0.5, 0.6) is 5.75 Å². The van der Waals surface area contributed by atoms with Gasteiger partial charge in [-0.3, -0.25) is 4.98 Å². The van der Waals surface area contributed by atoms with Gasteiger partial charge in [0, 0.05) is 18.2 Å². The van der Waals surface area contributed by atoms with Crippen molar-refractivity contribution in [3.8, 4) is 5.75 Å². The van der Waals surface area contributed by atoms with Crippen LogP contribution in [0.2, 0.25) is 10.2 Å². The van der Waals surface area contributed by atoms with Crippen LogP contribution < -0.4 is 0 Å². The number of halogens is 6. The maximum atomic E-state index is 12.6. The molecule has 1 N–H and O–H groups in total. The van der Waals surface area contributed by atoms with E-state index in [2.05, 4.69) is 25.9 Å². The van der Waals surface area contributed by atoms with Crippen LogP contribution in [-0.2, 0) is 12.6 Å². The second kappa shape index (κ2) is 6.63. The van der Waals surface area contributed by atoms with E-state index in [1.165, 1.54) is 6.07 Å². The zero-order valence-corrected chi connectivity index (χ0v) is 15.3. The SMILES string of the molecule is Oc1c(Br)ccc2nc(Cl)c(Cc3ccc(C(F)(F)F)nc3)c(Cl)c12. The van der Waals surface area contributed by atoms with Crippen molar-refractivity contribution in [1.82, 2.24) is 9.97 Å². The third-order valence-electron chi connectivity index (χ3n) is 3.55. The lowest BCUT2D eigenvalue weighted by atomic mass is 10.0. The highest BCUT2D eigenvalue weighted by Crippen LogP contribution is 2.40. The fraction of sp³-hybridized carbons (Fsp3) is 0.125. The van der Waals surface area contributed by atoms with E-state index in [9.17, 15) is 18.3 Å². The number of hydrogen-bond donors (Lipinski definition) is 1. The molecule has 2 aromatic heterocycles. The van der Waals surface area contributed by atoms with Gasteiger partial charge < -0.3 is 5.11 Å². The zero-order chi connectivity index (χ0) is 18.4. The van der Waals surface area contributed by atoms with Gasteiger partial charge in [-0.2, -0.15) is 13.2 Å². The summed E-state index contributed by atoms with van der Waals surface area (Å²) in [6.45, 7) is 0. The number of phenols is 1. The first kappa shape index (κ1) is 18.2. The maximum Gasteiger partial charge on any atom is 0.433 e. The molecule has 0 radical (unpaired) electrons. The number of hydrogen-bond acceptors (Lipinski definition) is 3. The first-order valence-electron chi connectivity index (χ1n) is 6.85. The lowest BCUT2D eigenvalue weighted by molar-refractivity contribution is -0.141. The predicted octanol–water partition coefficient (Wildman–Crippen LogP) is 6.01. The number of phenolic OH excluding ortho intramolecular Hbond substituents is 1. The van der Waals surface area contributed by atoms with Crippen LogP contribution in [0, 0.1) is 0 Å². The Morgan fingerprint density at radius 1 is 1.12 bits per heavy atom. The first-order chi connectivity index (χ1) is 11.7. The lowest BCUT2D eigenvalue weighted by Gasteiger charge is -2.12. The number of alkyl halides is 3. The Morgan fingerprint density at radius 3 is 2.44 bits per heavy atom. The fourth-order valence-electron chi connectivity index (χ4n) is 2.33. The van der Waals surface area contributed by atoms with Crippen LogP contribution in [0.3, 0.4) is 0 Å². The van der Waals surface area contributed by atoms with Gasteiger partial charge in [0.05, 0.1) is 20.4 Å². The molecule has 0 spiro atoms. The molecule has 1 aromatic carbocycles. The second-order valence-corrected chi connectivity index (χ2v) is 6.80. The van der Waals surface area contributed by atoms with Crippen LogP contribution in [0.15, 0.2) is 34.9 Å². The number of pyridine rings is 2. The largest absolute Gasteiger partial charge is 0.506 e. The van der Waals surface area contributed by atoms with Gasteiger partial charge in [0.2, 0.25) is 0 Å². The van der Waals surface area contributed by atoms with E-state index in [4.69, 9.17) is 23.2 Å². The van der Waals surface area contributed by atoms with Crippen LogP contribution >= 0.6 is 39.1 Å². The molecule has 0 unspecified atom stereocenters. The van der Waals surface area contributed by atoms with Gasteiger partial charge in [0.25, 0.3) is 0 Å². The van der Waals surface area contributed by atoms with Crippen molar-refractivity contribution < 1.29 is 18.3 Å². The van der Waals surface area contributed by atoms with E-state index in [0.717, 1.165) is 12.3 Å². The lowest BCUT2D eigenvalue weighted by Crippen LogP contribution is -2.08. The summed E-state index contributed by atoms with van der Waals surface area (Å²) in [6.07, 6.45) is -3.27. The van der Waals surface area contributed by atoms with E-state index in [1.54, 1.807) is 12.1 Å². The normalized spacial score (nSPS) is 11.9. The van der Waals surface area contributed by atoms with Gasteiger partial charge in [0.1, 0.15) is 16.6 Å². The molecular weight excluding hydrogens is 444 g/mol. The Kier molecular flexibility index (Phi) is 4.83. The van der Waals surface area contributed by atoms with Gasteiger partial charge in [-0.1, -0.05) is 29.3 Å². The third kappa shape index (κ3) is 3.54. The van der Waals surface area contributed by atoms with Crippen LogP contribution in [0.4, 0.5) is 13.2 Å². The standard InChI is InChI=1S/C16H8BrCl2F3N2O/c17-9-2-3-10-12(14(9)25)13(18)8(15(19)24-10)5-7-1-4-11(23-6-7)16(20,21)22/h1-4,6,25H,5H2. The minimum absolute atomic E-state index is 0.0848. The van der Waals surface area contributed by atoms with E-state index in [-0.39, 0.29) is 22.3 Å². The molecule has 0 fully saturated rings. The topological polar surface area (TPSA) is 46.0 Å². The highest BCUT2D eigenvalue weighted by atomic mass is 79.9. The molecule has 0 bridgehead atoms. The third-order valence-corrected chi connectivity index (χ3v) is 4.92. The van der Waals surface area contributed by atoms with Crippen molar-refractivity contribution in [3.63, 3.8) is 0 Å². The van der Waals surface area contributed by atoms with Gasteiger partial charge in [-0.05, 0) is 39.7 Å². The minimum atomic E-state index is -4.50. The molecule has 3 nitrogen and oxygen atoms in total. The monoisotopic (exact) mass is 450 g/mol. The summed E-state index contributed by atoms with van der Waals surface area (Å²) < 4.78 is 38.2. The molecule has 9 heteroatoms. The molecule has 3 rings (SSSR count). The van der Waals surface area contributed by atoms with Crippen molar-refractivity contribution in [2.45, 2.75) is 12.6 Å². The molecule has 0 saturated carbocycles. The smallest absolute Gasteiger partial charge is 0.433 e. The molecule has 0 atom stereocenters. The van der Waals surface area contributed by atoms with Gasteiger partial charge in [-0.15, -0.1) is 0 Å². The summed E-state index contributed by atoms with van der Waals surface area (Å²) in [5.41, 5.74) is 0.301. The van der Waals surface area contributed by atoms with Crippen molar-refractivity contribution in [2.24, 2.45) is 0 Å². The van der Waals surface area contributed by atoms with Gasteiger partial charge >= 0.3 is 6.18 Å². The molecule has 0 saturated heterocycles. The van der Waals surface area contributed by atoms with Gasteiger partial charge in [-0.25, -0.2) is 4.98 Å². The zero-order valence-electron chi connectivity index (χ0n) is 12.2. The van der Waals surface area contributed by atoms with Gasteiger partial charge in [0.15, 0.2) is 0 Å². The highest BCUT2D eigenvalue weighted by molar-refractivity contribution is 9.10. The second-order valence-electron chi connectivity index (χ2n) is 5.21. The fourth-order valence-corrected chi connectivity index (χ4v) is 3.30. The molecular formula is C16H8BrCl2F3N2O. The highest BCUT2D eigenvalue weighted by Gasteiger charge is 2.32. The Bertz CT molecular complexity index is 962. The van der Waals surface area contributed by atoms with Crippen molar-refractivity contribution >= 4 is 50.0 Å². The van der Waals surface area contributed by atoms with Crippen LogP contribution in [0.1, 0.15) is 16.8 Å². The van der Waals surface area contributed by atoms with E-state index in [0.29, 0.717) is 26.5 Å². The van der Waals surface area contributed by atoms with Crippen molar-refractivity contribution in [2.75, 3.05) is 0 Å².